The minimum Gasteiger partial charge on any atom is -0.494 e. The molecule has 0 aromatic heterocycles. The zero-order valence-electron chi connectivity index (χ0n) is 23.4. The van der Waals surface area contributed by atoms with Crippen LogP contribution in [0.15, 0.2) is 36.6 Å². The number of rotatable bonds is 8. The molecule has 1 unspecified atom stereocenters. The van der Waals surface area contributed by atoms with Crippen molar-refractivity contribution >= 4 is 11.8 Å². The number of fused-ring (bicyclic) bond motifs is 4. The Hall–Kier alpha value is -3.04. The molecule has 2 N–H and O–H groups in total. The molecule has 4 heterocycles. The van der Waals surface area contributed by atoms with Gasteiger partial charge in [-0.1, -0.05) is 18.7 Å². The summed E-state index contributed by atoms with van der Waals surface area (Å²) in [6.07, 6.45) is -4.52. The molecule has 3 fully saturated rings. The van der Waals surface area contributed by atoms with Gasteiger partial charge < -0.3 is 52.8 Å². The number of hydrogen-bond acceptors (Lipinski definition) is 13. The van der Waals surface area contributed by atoms with E-state index in [1.807, 2.05) is 0 Å². The molecule has 5 aliphatic rings. The molecule has 13 nitrogen and oxygen atoms in total. The fourth-order valence-corrected chi connectivity index (χ4v) is 6.28. The average Bonchev–Trinajstić information content (AvgIpc) is 3.61. The number of esters is 1. The lowest BCUT2D eigenvalue weighted by molar-refractivity contribution is -0.364. The van der Waals surface area contributed by atoms with E-state index >= 15 is 0 Å². The van der Waals surface area contributed by atoms with Crippen molar-refractivity contribution < 1.29 is 62.4 Å². The SMILES string of the molecule is C=C(OC)C(=O)C(/C=C/[C@@H]1c2cc3c(cc2[C@@H](O[C@@H]2O[C@H]4CO[C@@H](C)O[C@H]4[C@H](O)[C@H]2O)[C@H]2COC(=O)[C@@H]21)OCO3)OC. The minimum atomic E-state index is -1.44. The van der Waals surface area contributed by atoms with E-state index in [2.05, 4.69) is 6.58 Å². The van der Waals surface area contributed by atoms with Gasteiger partial charge in [-0.2, -0.15) is 0 Å². The summed E-state index contributed by atoms with van der Waals surface area (Å²) in [5.74, 6) is -1.76. The van der Waals surface area contributed by atoms with Crippen molar-refractivity contribution in [2.45, 2.75) is 62.0 Å². The fourth-order valence-electron chi connectivity index (χ4n) is 6.28. The van der Waals surface area contributed by atoms with Crippen LogP contribution in [0.4, 0.5) is 0 Å². The Morgan fingerprint density at radius 1 is 1.07 bits per heavy atom. The van der Waals surface area contributed by atoms with Crippen LogP contribution in [0.3, 0.4) is 0 Å². The number of aliphatic hydroxyl groups is 2. The van der Waals surface area contributed by atoms with Gasteiger partial charge in [-0.15, -0.1) is 0 Å². The van der Waals surface area contributed by atoms with Gasteiger partial charge in [-0.3, -0.25) is 9.59 Å². The topological polar surface area (TPSA) is 158 Å². The van der Waals surface area contributed by atoms with Crippen molar-refractivity contribution in [3.05, 3.63) is 47.7 Å². The highest BCUT2D eigenvalue weighted by Crippen LogP contribution is 2.54. The predicted octanol–water partition coefficient (Wildman–Crippen LogP) is 0.868. The molecule has 3 saturated heterocycles. The van der Waals surface area contributed by atoms with E-state index < -0.39 is 78.7 Å². The van der Waals surface area contributed by atoms with Gasteiger partial charge in [-0.05, 0) is 30.2 Å². The maximum absolute atomic E-state index is 13.2. The molecule has 0 radical (unpaired) electrons. The molecule has 1 aromatic rings. The number of carbonyl (C=O) groups excluding carboxylic acids is 2. The first kappa shape index (κ1) is 29.1. The van der Waals surface area contributed by atoms with Crippen LogP contribution >= 0.6 is 0 Å². The lowest BCUT2D eigenvalue weighted by atomic mass is 9.68. The minimum absolute atomic E-state index is 0.0245. The molecule has 1 aromatic carbocycles. The van der Waals surface area contributed by atoms with Crippen LogP contribution in [-0.2, 0) is 42.7 Å². The number of allylic oxidation sites excluding steroid dienone is 1. The van der Waals surface area contributed by atoms with E-state index in [9.17, 15) is 19.8 Å². The molecule has 1 aliphatic carbocycles. The number of Topliss-reactive ketones (excluding diaryl/α,β-unsaturated/α-hetero) is 1. The highest BCUT2D eigenvalue weighted by molar-refractivity contribution is 5.97. The van der Waals surface area contributed by atoms with Crippen LogP contribution in [0.2, 0.25) is 0 Å². The molecule has 13 heteroatoms. The number of carbonyl (C=O) groups is 2. The lowest BCUT2D eigenvalue weighted by Gasteiger charge is -2.47. The van der Waals surface area contributed by atoms with Crippen LogP contribution in [0.25, 0.3) is 0 Å². The molecule has 4 aliphatic heterocycles. The molecular weight excluding hydrogens is 556 g/mol. The standard InChI is InChI=1S/C29H34O13/c1-12(34-3)23(30)18(35-4)6-5-14-15-7-19-20(39-11-38-19)8-16(15)26(17-9-37-28(33)22(14)17)42-29-25(32)24(31)27-21(41-29)10-36-13(2)40-27/h5-8,13-14,17-18,21-22,24-27,29,31-32H,1,9-11H2,2-4H3/b6-5+/t13-,14-,17+,18?,21+,22-,24-,25-,26-,27-,29+/m1/s1. The first-order chi connectivity index (χ1) is 20.2. The number of aliphatic hydroxyl groups excluding tert-OH is 2. The third kappa shape index (κ3) is 4.98. The van der Waals surface area contributed by atoms with Gasteiger partial charge in [0.2, 0.25) is 12.6 Å². The predicted molar refractivity (Wildman–Crippen MR) is 139 cm³/mol. The zero-order valence-corrected chi connectivity index (χ0v) is 23.4. The summed E-state index contributed by atoms with van der Waals surface area (Å²) in [5, 5.41) is 21.9. The molecule has 0 spiro atoms. The van der Waals surface area contributed by atoms with Crippen LogP contribution in [0, 0.1) is 11.8 Å². The first-order valence-electron chi connectivity index (χ1n) is 13.7. The van der Waals surface area contributed by atoms with Crippen LogP contribution in [-0.4, -0.2) is 99.3 Å². The summed E-state index contributed by atoms with van der Waals surface area (Å²) < 4.78 is 50.8. The molecule has 0 bridgehead atoms. The van der Waals surface area contributed by atoms with E-state index in [0.29, 0.717) is 22.6 Å². The van der Waals surface area contributed by atoms with Crippen molar-refractivity contribution in [1.29, 1.82) is 0 Å². The first-order valence-corrected chi connectivity index (χ1v) is 13.7. The summed E-state index contributed by atoms with van der Waals surface area (Å²) in [4.78, 5) is 25.9. The quantitative estimate of drug-likeness (QED) is 0.190. The van der Waals surface area contributed by atoms with E-state index in [1.54, 1.807) is 31.2 Å². The van der Waals surface area contributed by atoms with Crippen LogP contribution in [0.1, 0.15) is 30.1 Å². The van der Waals surface area contributed by atoms with Gasteiger partial charge in [0.25, 0.3) is 0 Å². The largest absolute Gasteiger partial charge is 0.494 e. The van der Waals surface area contributed by atoms with Crippen molar-refractivity contribution in [1.82, 2.24) is 0 Å². The third-order valence-electron chi connectivity index (χ3n) is 8.46. The summed E-state index contributed by atoms with van der Waals surface area (Å²) in [5.41, 5.74) is 1.34. The second-order valence-electron chi connectivity index (χ2n) is 10.8. The number of ketones is 1. The van der Waals surface area contributed by atoms with E-state index in [0.717, 1.165) is 0 Å². The molecule has 42 heavy (non-hydrogen) atoms. The Kier molecular flexibility index (Phi) is 8.00. The Labute approximate surface area is 241 Å². The molecule has 6 rings (SSSR count). The fraction of sp³-hybridized carbons (Fsp3) is 0.586. The highest BCUT2D eigenvalue weighted by atomic mass is 16.8. The molecule has 0 amide bonds. The Bertz CT molecular complexity index is 1260. The average molecular weight is 591 g/mol. The van der Waals surface area contributed by atoms with Crippen molar-refractivity contribution in [2.24, 2.45) is 11.8 Å². The summed E-state index contributed by atoms with van der Waals surface area (Å²) in [6, 6.07) is 3.55. The molecule has 11 atom stereocenters. The van der Waals surface area contributed by atoms with Crippen molar-refractivity contribution in [2.75, 3.05) is 34.2 Å². The van der Waals surface area contributed by atoms with Crippen molar-refractivity contribution in [3.63, 3.8) is 0 Å². The molecular formula is C29H34O13. The van der Waals surface area contributed by atoms with Gasteiger partial charge >= 0.3 is 5.97 Å². The molecule has 228 valence electrons. The normalized spacial score (nSPS) is 37.4. The van der Waals surface area contributed by atoms with Gasteiger partial charge in [-0.25, -0.2) is 0 Å². The number of cyclic esters (lactones) is 1. The lowest BCUT2D eigenvalue weighted by Crippen LogP contribution is -2.63. The third-order valence-corrected chi connectivity index (χ3v) is 8.46. The van der Waals surface area contributed by atoms with Gasteiger partial charge in [0.05, 0.1) is 32.3 Å². The molecule has 0 saturated carbocycles. The maximum atomic E-state index is 13.2. The maximum Gasteiger partial charge on any atom is 0.310 e. The Morgan fingerprint density at radius 2 is 1.81 bits per heavy atom. The van der Waals surface area contributed by atoms with Gasteiger partial charge in [0.1, 0.15) is 30.5 Å². The highest BCUT2D eigenvalue weighted by Gasteiger charge is 2.55. The van der Waals surface area contributed by atoms with E-state index in [4.69, 9.17) is 42.6 Å². The number of benzene rings is 1. The smallest absolute Gasteiger partial charge is 0.310 e. The summed E-state index contributed by atoms with van der Waals surface area (Å²) in [7, 11) is 2.73. The monoisotopic (exact) mass is 590 g/mol. The second-order valence-corrected chi connectivity index (χ2v) is 10.8. The second kappa shape index (κ2) is 11.6. The van der Waals surface area contributed by atoms with Crippen LogP contribution < -0.4 is 9.47 Å². The van der Waals surface area contributed by atoms with Gasteiger partial charge in [0, 0.05) is 18.9 Å². The van der Waals surface area contributed by atoms with E-state index in [1.165, 1.54) is 14.2 Å². The number of hydrogen-bond donors (Lipinski definition) is 2. The van der Waals surface area contributed by atoms with Gasteiger partial charge in [0.15, 0.2) is 29.8 Å². The Balaban J connectivity index is 1.35. The Morgan fingerprint density at radius 3 is 2.52 bits per heavy atom. The van der Waals surface area contributed by atoms with Crippen molar-refractivity contribution in [3.8, 4) is 11.5 Å². The number of ether oxygens (including phenoxy) is 9. The summed E-state index contributed by atoms with van der Waals surface area (Å²) >= 11 is 0. The number of methoxy groups -OCH3 is 2. The van der Waals surface area contributed by atoms with E-state index in [-0.39, 0.29) is 25.8 Å². The zero-order chi connectivity index (χ0) is 29.7. The summed E-state index contributed by atoms with van der Waals surface area (Å²) in [6.45, 7) is 5.52. The van der Waals surface area contributed by atoms with Crippen LogP contribution in [0.5, 0.6) is 11.5 Å².